The number of nitrogens with zero attached hydrogens (tertiary/aromatic N) is 3. The molecule has 0 bridgehead atoms. The highest BCUT2D eigenvalue weighted by Crippen LogP contribution is 2.29. The molecule has 2 heterocycles. The minimum absolute atomic E-state index is 0.521. The van der Waals surface area contributed by atoms with Gasteiger partial charge in [0.15, 0.2) is 0 Å². The zero-order chi connectivity index (χ0) is 18.6. The second kappa shape index (κ2) is 7.55. The van der Waals surface area contributed by atoms with Gasteiger partial charge < -0.3 is 4.42 Å². The summed E-state index contributed by atoms with van der Waals surface area (Å²) >= 11 is 1.68. The van der Waals surface area contributed by atoms with Crippen molar-refractivity contribution in [3.05, 3.63) is 76.3 Å². The smallest absolute Gasteiger partial charge is 0.247 e. The molecule has 1 N–H and O–H groups in total. The van der Waals surface area contributed by atoms with Crippen LogP contribution in [0, 0.1) is 13.8 Å². The van der Waals surface area contributed by atoms with Crippen molar-refractivity contribution in [3.63, 3.8) is 0 Å². The van der Waals surface area contributed by atoms with Gasteiger partial charge in [0.2, 0.25) is 12.3 Å². The predicted molar refractivity (Wildman–Crippen MR) is 110 cm³/mol. The molecular weight excluding hydrogens is 356 g/mol. The number of aryl methyl sites for hydroxylation is 2. The normalized spacial score (nSPS) is 11.2. The van der Waals surface area contributed by atoms with Crippen molar-refractivity contribution in [2.75, 3.05) is 5.43 Å². The fourth-order valence-corrected chi connectivity index (χ4v) is 3.56. The first-order valence-electron chi connectivity index (χ1n) is 8.51. The van der Waals surface area contributed by atoms with E-state index >= 15 is 0 Å². The first-order valence-corrected chi connectivity index (χ1v) is 9.39. The second-order valence-corrected chi connectivity index (χ2v) is 7.14. The van der Waals surface area contributed by atoms with Crippen LogP contribution in [0.3, 0.4) is 0 Å². The van der Waals surface area contributed by atoms with E-state index in [1.54, 1.807) is 11.3 Å². The maximum atomic E-state index is 5.31. The Bertz CT molecular complexity index is 1070. The molecule has 0 aliphatic rings. The molecule has 0 spiro atoms. The first kappa shape index (κ1) is 17.2. The van der Waals surface area contributed by atoms with E-state index in [0.717, 1.165) is 27.3 Å². The molecule has 5 nitrogen and oxygen atoms in total. The molecule has 0 unspecified atom stereocenters. The summed E-state index contributed by atoms with van der Waals surface area (Å²) in [6, 6.07) is 16.4. The number of rotatable bonds is 5. The number of thiophene rings is 1. The number of nitrogens with one attached hydrogen (secondary N) is 1. The van der Waals surface area contributed by atoms with E-state index < -0.39 is 0 Å². The van der Waals surface area contributed by atoms with E-state index in [9.17, 15) is 0 Å². The zero-order valence-electron chi connectivity index (χ0n) is 15.0. The van der Waals surface area contributed by atoms with Crippen LogP contribution in [0.15, 0.2) is 69.8 Å². The van der Waals surface area contributed by atoms with Gasteiger partial charge in [0.25, 0.3) is 0 Å². The summed E-state index contributed by atoms with van der Waals surface area (Å²) in [5, 5.41) is 14.1. The monoisotopic (exact) mass is 374 g/mol. The van der Waals surface area contributed by atoms with Gasteiger partial charge in [0.05, 0.1) is 11.9 Å². The van der Waals surface area contributed by atoms with Gasteiger partial charge in [-0.1, -0.05) is 18.2 Å². The van der Waals surface area contributed by atoms with Crippen molar-refractivity contribution < 1.29 is 4.42 Å². The summed E-state index contributed by atoms with van der Waals surface area (Å²) in [4.78, 5) is 1.16. The number of hydrogen-bond donors (Lipinski definition) is 1. The number of benzene rings is 2. The Morgan fingerprint density at radius 3 is 2.52 bits per heavy atom. The van der Waals surface area contributed by atoms with Crippen LogP contribution in [-0.4, -0.2) is 16.4 Å². The fourth-order valence-electron chi connectivity index (χ4n) is 2.77. The Morgan fingerprint density at radius 2 is 1.81 bits per heavy atom. The number of anilines is 1. The van der Waals surface area contributed by atoms with Crippen LogP contribution >= 0.6 is 11.3 Å². The summed E-state index contributed by atoms with van der Waals surface area (Å²) in [5.74, 6) is 0.521. The third-order valence-electron chi connectivity index (χ3n) is 4.32. The Balaban J connectivity index is 1.53. The molecule has 4 aromatic rings. The number of hydrazone groups is 1. The summed E-state index contributed by atoms with van der Waals surface area (Å²) in [6.07, 6.45) is 3.19. The average molecular weight is 374 g/mol. The van der Waals surface area contributed by atoms with Gasteiger partial charge >= 0.3 is 0 Å². The third-order valence-corrected chi connectivity index (χ3v) is 5.27. The minimum Gasteiger partial charge on any atom is -0.423 e. The van der Waals surface area contributed by atoms with E-state index in [0.29, 0.717) is 5.89 Å². The molecule has 134 valence electrons. The van der Waals surface area contributed by atoms with Crippen LogP contribution in [0.4, 0.5) is 5.69 Å². The van der Waals surface area contributed by atoms with Crippen LogP contribution in [0.25, 0.3) is 22.6 Å². The van der Waals surface area contributed by atoms with Crippen molar-refractivity contribution in [2.24, 2.45) is 5.10 Å². The molecule has 0 fully saturated rings. The maximum Gasteiger partial charge on any atom is 0.247 e. The minimum atomic E-state index is 0.521. The Hall–Kier alpha value is -3.25. The fraction of sp³-hybridized carbons (Fsp3) is 0.0952. The Morgan fingerprint density at radius 1 is 1.00 bits per heavy atom. The lowest BCUT2D eigenvalue weighted by Gasteiger charge is -2.09. The van der Waals surface area contributed by atoms with Gasteiger partial charge in [-0.25, -0.2) is 0 Å². The second-order valence-electron chi connectivity index (χ2n) is 6.19. The lowest BCUT2D eigenvalue weighted by atomic mass is 9.98. The topological polar surface area (TPSA) is 63.3 Å². The van der Waals surface area contributed by atoms with E-state index in [4.69, 9.17) is 4.42 Å². The molecule has 27 heavy (non-hydrogen) atoms. The molecule has 0 atom stereocenters. The summed E-state index contributed by atoms with van der Waals surface area (Å²) in [5.41, 5.74) is 9.60. The van der Waals surface area contributed by atoms with Gasteiger partial charge in [-0.15, -0.1) is 21.5 Å². The molecule has 0 saturated heterocycles. The summed E-state index contributed by atoms with van der Waals surface area (Å²) < 4.78 is 5.31. The highest BCUT2D eigenvalue weighted by Gasteiger charge is 2.08. The average Bonchev–Trinajstić information content (AvgIpc) is 3.35. The quantitative estimate of drug-likeness (QED) is 0.369. The molecule has 0 radical (unpaired) electrons. The maximum absolute atomic E-state index is 5.31. The molecule has 0 amide bonds. The van der Waals surface area contributed by atoms with E-state index in [1.165, 1.54) is 17.5 Å². The van der Waals surface area contributed by atoms with Gasteiger partial charge in [0, 0.05) is 10.4 Å². The lowest BCUT2D eigenvalue weighted by molar-refractivity contribution is 0.568. The standard InChI is InChI=1S/C21H18N4OS/c1-14-3-4-17(21-25-23-13-26-21)11-19(14)16-5-7-18(8-6-16)24-22-12-20-15(2)9-10-27-20/h3-13,24H,1-2H3/b22-12+. The molecule has 2 aromatic heterocycles. The molecular formula is C21H18N4OS. The highest BCUT2D eigenvalue weighted by molar-refractivity contribution is 7.11. The Kier molecular flexibility index (Phi) is 4.80. The number of aromatic nitrogens is 2. The van der Waals surface area contributed by atoms with E-state index in [2.05, 4.69) is 70.3 Å². The van der Waals surface area contributed by atoms with Crippen molar-refractivity contribution >= 4 is 23.2 Å². The van der Waals surface area contributed by atoms with E-state index in [-0.39, 0.29) is 0 Å². The number of hydrogen-bond acceptors (Lipinski definition) is 6. The molecule has 0 aliphatic heterocycles. The summed E-state index contributed by atoms with van der Waals surface area (Å²) in [6.45, 7) is 4.17. The van der Waals surface area contributed by atoms with Gasteiger partial charge in [-0.2, -0.15) is 5.10 Å². The molecule has 4 rings (SSSR count). The van der Waals surface area contributed by atoms with Gasteiger partial charge in [-0.3, -0.25) is 5.43 Å². The van der Waals surface area contributed by atoms with Crippen molar-refractivity contribution in [1.29, 1.82) is 0 Å². The van der Waals surface area contributed by atoms with Crippen LogP contribution in [0.1, 0.15) is 16.0 Å². The first-order chi connectivity index (χ1) is 13.2. The molecule has 0 saturated carbocycles. The van der Waals surface area contributed by atoms with E-state index in [1.807, 2.05) is 24.4 Å². The van der Waals surface area contributed by atoms with Gasteiger partial charge in [-0.05, 0) is 71.8 Å². The highest BCUT2D eigenvalue weighted by atomic mass is 32.1. The van der Waals surface area contributed by atoms with Crippen LogP contribution in [-0.2, 0) is 0 Å². The summed E-state index contributed by atoms with van der Waals surface area (Å²) in [7, 11) is 0. The third kappa shape index (κ3) is 3.80. The van der Waals surface area contributed by atoms with Crippen LogP contribution in [0.5, 0.6) is 0 Å². The molecule has 2 aromatic carbocycles. The van der Waals surface area contributed by atoms with Crippen molar-refractivity contribution in [2.45, 2.75) is 13.8 Å². The Labute approximate surface area is 161 Å². The molecule has 0 aliphatic carbocycles. The van der Waals surface area contributed by atoms with Crippen LogP contribution < -0.4 is 5.43 Å². The van der Waals surface area contributed by atoms with Crippen LogP contribution in [0.2, 0.25) is 0 Å². The predicted octanol–water partition coefficient (Wildman–Crippen LogP) is 5.53. The van der Waals surface area contributed by atoms with Gasteiger partial charge in [0.1, 0.15) is 0 Å². The SMILES string of the molecule is Cc1ccc(-c2nnco2)cc1-c1ccc(N/N=C/c2sccc2C)cc1. The van der Waals surface area contributed by atoms with Crippen molar-refractivity contribution in [3.8, 4) is 22.6 Å². The lowest BCUT2D eigenvalue weighted by Crippen LogP contribution is -1.91. The molecule has 6 heteroatoms. The largest absolute Gasteiger partial charge is 0.423 e. The van der Waals surface area contributed by atoms with Crippen molar-refractivity contribution in [1.82, 2.24) is 10.2 Å². The zero-order valence-corrected chi connectivity index (χ0v) is 15.8.